The Morgan fingerprint density at radius 1 is 1.26 bits per heavy atom. The summed E-state index contributed by atoms with van der Waals surface area (Å²) in [6.45, 7) is 4.58. The topological polar surface area (TPSA) is 39.1 Å². The van der Waals surface area contributed by atoms with Gasteiger partial charge in [-0.05, 0) is 31.2 Å². The SMILES string of the molecule is CCCn1cncc1COc1ccc(CNC)cc1. The van der Waals surface area contributed by atoms with Crippen molar-refractivity contribution in [3.05, 3.63) is 48.0 Å². The van der Waals surface area contributed by atoms with Crippen molar-refractivity contribution in [3.8, 4) is 5.75 Å². The zero-order chi connectivity index (χ0) is 13.5. The average Bonchev–Trinajstić information content (AvgIpc) is 2.86. The van der Waals surface area contributed by atoms with E-state index in [1.54, 1.807) is 0 Å². The van der Waals surface area contributed by atoms with E-state index in [0.29, 0.717) is 6.61 Å². The lowest BCUT2D eigenvalue weighted by molar-refractivity contribution is 0.294. The number of aromatic nitrogens is 2. The van der Waals surface area contributed by atoms with E-state index in [1.165, 1.54) is 5.56 Å². The molecule has 0 amide bonds. The van der Waals surface area contributed by atoms with Crippen LogP contribution in [0.5, 0.6) is 5.75 Å². The second-order valence-corrected chi connectivity index (χ2v) is 4.54. The van der Waals surface area contributed by atoms with Crippen molar-refractivity contribution in [2.24, 2.45) is 0 Å². The van der Waals surface area contributed by atoms with Crippen molar-refractivity contribution < 1.29 is 4.74 Å². The fourth-order valence-electron chi connectivity index (χ4n) is 1.98. The summed E-state index contributed by atoms with van der Waals surface area (Å²) in [5.74, 6) is 0.893. The second kappa shape index (κ2) is 6.95. The molecule has 0 fully saturated rings. The summed E-state index contributed by atoms with van der Waals surface area (Å²) in [4.78, 5) is 4.17. The Hall–Kier alpha value is -1.81. The van der Waals surface area contributed by atoms with E-state index in [1.807, 2.05) is 31.7 Å². The predicted octanol–water partition coefficient (Wildman–Crippen LogP) is 2.59. The van der Waals surface area contributed by atoms with Gasteiger partial charge in [-0.25, -0.2) is 4.98 Å². The van der Waals surface area contributed by atoms with Crippen LogP contribution >= 0.6 is 0 Å². The quantitative estimate of drug-likeness (QED) is 0.830. The molecule has 0 unspecified atom stereocenters. The van der Waals surface area contributed by atoms with Gasteiger partial charge in [-0.3, -0.25) is 0 Å². The first-order chi connectivity index (χ1) is 9.33. The monoisotopic (exact) mass is 259 g/mol. The lowest BCUT2D eigenvalue weighted by Crippen LogP contribution is -2.06. The van der Waals surface area contributed by atoms with E-state index < -0.39 is 0 Å². The molecule has 4 heteroatoms. The van der Waals surface area contributed by atoms with Crippen LogP contribution < -0.4 is 10.1 Å². The van der Waals surface area contributed by atoms with Crippen LogP contribution in [0.1, 0.15) is 24.6 Å². The molecule has 1 aromatic heterocycles. The first-order valence-corrected chi connectivity index (χ1v) is 6.69. The Morgan fingerprint density at radius 2 is 2.05 bits per heavy atom. The summed E-state index contributed by atoms with van der Waals surface area (Å²) in [5.41, 5.74) is 2.37. The third kappa shape index (κ3) is 3.83. The van der Waals surface area contributed by atoms with E-state index in [2.05, 4.69) is 33.9 Å². The third-order valence-electron chi connectivity index (χ3n) is 2.95. The standard InChI is InChI=1S/C15H21N3O/c1-3-8-18-12-17-10-14(18)11-19-15-6-4-13(5-7-15)9-16-2/h4-7,10,12,16H,3,8-9,11H2,1-2H3. The number of hydrogen-bond donors (Lipinski definition) is 1. The van der Waals surface area contributed by atoms with Crippen LogP contribution in [-0.4, -0.2) is 16.6 Å². The fourth-order valence-corrected chi connectivity index (χ4v) is 1.98. The fraction of sp³-hybridized carbons (Fsp3) is 0.400. The zero-order valence-corrected chi connectivity index (χ0v) is 11.6. The van der Waals surface area contributed by atoms with Gasteiger partial charge in [0.2, 0.25) is 0 Å². The molecule has 0 spiro atoms. The Balaban J connectivity index is 1.92. The minimum absolute atomic E-state index is 0.561. The Kier molecular flexibility index (Phi) is 4.98. The molecule has 0 radical (unpaired) electrons. The van der Waals surface area contributed by atoms with Gasteiger partial charge in [-0.1, -0.05) is 19.1 Å². The first kappa shape index (κ1) is 13.6. The van der Waals surface area contributed by atoms with E-state index in [9.17, 15) is 0 Å². The van der Waals surface area contributed by atoms with Crippen molar-refractivity contribution in [1.29, 1.82) is 0 Å². The summed E-state index contributed by atoms with van der Waals surface area (Å²) in [5, 5.41) is 3.13. The van der Waals surface area contributed by atoms with Gasteiger partial charge in [0.25, 0.3) is 0 Å². The number of nitrogens with one attached hydrogen (secondary N) is 1. The number of rotatable bonds is 7. The number of imidazole rings is 1. The Labute approximate surface area is 114 Å². The van der Waals surface area contributed by atoms with Crippen LogP contribution in [-0.2, 0) is 19.7 Å². The highest BCUT2D eigenvalue weighted by Crippen LogP contribution is 2.14. The maximum absolute atomic E-state index is 5.79. The second-order valence-electron chi connectivity index (χ2n) is 4.54. The van der Waals surface area contributed by atoms with E-state index in [4.69, 9.17) is 4.74 Å². The smallest absolute Gasteiger partial charge is 0.130 e. The Bertz CT molecular complexity index is 490. The molecule has 2 rings (SSSR count). The van der Waals surface area contributed by atoms with Gasteiger partial charge < -0.3 is 14.6 Å². The highest BCUT2D eigenvalue weighted by molar-refractivity contribution is 5.27. The summed E-state index contributed by atoms with van der Waals surface area (Å²) in [6.07, 6.45) is 4.82. The molecule has 4 nitrogen and oxygen atoms in total. The average molecular weight is 259 g/mol. The van der Waals surface area contributed by atoms with Crippen molar-refractivity contribution in [3.63, 3.8) is 0 Å². The summed E-state index contributed by atoms with van der Waals surface area (Å²) >= 11 is 0. The van der Waals surface area contributed by atoms with Gasteiger partial charge in [0.05, 0.1) is 18.2 Å². The molecule has 0 aliphatic heterocycles. The molecular weight excluding hydrogens is 238 g/mol. The Morgan fingerprint density at radius 3 is 2.74 bits per heavy atom. The van der Waals surface area contributed by atoms with Gasteiger partial charge in [0.15, 0.2) is 0 Å². The molecule has 1 heterocycles. The van der Waals surface area contributed by atoms with Crippen LogP contribution in [0.4, 0.5) is 0 Å². The molecule has 0 atom stereocenters. The van der Waals surface area contributed by atoms with Gasteiger partial charge in [-0.15, -0.1) is 0 Å². The highest BCUT2D eigenvalue weighted by Gasteiger charge is 2.02. The van der Waals surface area contributed by atoms with E-state index >= 15 is 0 Å². The predicted molar refractivity (Wildman–Crippen MR) is 76.1 cm³/mol. The summed E-state index contributed by atoms with van der Waals surface area (Å²) in [6, 6.07) is 8.17. The molecular formula is C15H21N3O. The van der Waals surface area contributed by atoms with Crippen LogP contribution in [0.2, 0.25) is 0 Å². The van der Waals surface area contributed by atoms with Crippen molar-refractivity contribution in [2.45, 2.75) is 33.0 Å². The molecule has 19 heavy (non-hydrogen) atoms. The minimum Gasteiger partial charge on any atom is -0.487 e. The molecule has 0 aliphatic carbocycles. The number of ether oxygens (including phenoxy) is 1. The molecule has 2 aromatic rings. The normalized spacial score (nSPS) is 10.6. The van der Waals surface area contributed by atoms with Crippen molar-refractivity contribution >= 4 is 0 Å². The number of nitrogens with zero attached hydrogens (tertiary/aromatic N) is 2. The minimum atomic E-state index is 0.561. The van der Waals surface area contributed by atoms with Crippen LogP contribution in [0.15, 0.2) is 36.8 Å². The number of benzene rings is 1. The number of aryl methyl sites for hydroxylation is 1. The lowest BCUT2D eigenvalue weighted by atomic mass is 10.2. The van der Waals surface area contributed by atoms with Crippen LogP contribution in [0.3, 0.4) is 0 Å². The van der Waals surface area contributed by atoms with Gasteiger partial charge in [0, 0.05) is 13.1 Å². The molecule has 1 N–H and O–H groups in total. The highest BCUT2D eigenvalue weighted by atomic mass is 16.5. The third-order valence-corrected chi connectivity index (χ3v) is 2.95. The van der Waals surface area contributed by atoms with Crippen LogP contribution in [0, 0.1) is 0 Å². The molecule has 0 bridgehead atoms. The summed E-state index contributed by atoms with van der Waals surface area (Å²) < 4.78 is 7.92. The zero-order valence-electron chi connectivity index (χ0n) is 11.6. The molecule has 0 aliphatic rings. The lowest BCUT2D eigenvalue weighted by Gasteiger charge is -2.09. The van der Waals surface area contributed by atoms with Crippen molar-refractivity contribution in [2.75, 3.05) is 7.05 Å². The van der Waals surface area contributed by atoms with Crippen LogP contribution in [0.25, 0.3) is 0 Å². The largest absolute Gasteiger partial charge is 0.487 e. The molecule has 1 aromatic carbocycles. The van der Waals surface area contributed by atoms with E-state index in [0.717, 1.165) is 31.0 Å². The number of hydrogen-bond acceptors (Lipinski definition) is 3. The van der Waals surface area contributed by atoms with Crippen molar-refractivity contribution in [1.82, 2.24) is 14.9 Å². The molecule has 0 saturated heterocycles. The maximum atomic E-state index is 5.79. The molecule has 102 valence electrons. The molecule has 0 saturated carbocycles. The maximum Gasteiger partial charge on any atom is 0.130 e. The van der Waals surface area contributed by atoms with E-state index in [-0.39, 0.29) is 0 Å². The van der Waals surface area contributed by atoms with Gasteiger partial charge >= 0.3 is 0 Å². The first-order valence-electron chi connectivity index (χ1n) is 6.69. The van der Waals surface area contributed by atoms with Gasteiger partial charge in [0.1, 0.15) is 12.4 Å². The van der Waals surface area contributed by atoms with Gasteiger partial charge in [-0.2, -0.15) is 0 Å². The summed E-state index contributed by atoms with van der Waals surface area (Å²) in [7, 11) is 1.94.